The van der Waals surface area contributed by atoms with Gasteiger partial charge in [0.25, 0.3) is 0 Å². The van der Waals surface area contributed by atoms with Crippen LogP contribution in [0.3, 0.4) is 0 Å². The first-order valence-corrected chi connectivity index (χ1v) is 6.36. The molecule has 0 amide bonds. The Labute approximate surface area is 86.4 Å². The highest BCUT2D eigenvalue weighted by atomic mass is 32.2. The third-order valence-electron chi connectivity index (χ3n) is 2.40. The molecule has 0 unspecified atom stereocenters. The summed E-state index contributed by atoms with van der Waals surface area (Å²) in [4.78, 5) is 4.20. The molecule has 0 atom stereocenters. The minimum Gasteiger partial charge on any atom is -0.367 e. The molecule has 14 heavy (non-hydrogen) atoms. The molecule has 0 aromatic carbocycles. The van der Waals surface area contributed by atoms with Crippen molar-refractivity contribution in [3.8, 4) is 0 Å². The minimum atomic E-state index is -0.579. The van der Waals surface area contributed by atoms with E-state index in [0.29, 0.717) is 6.04 Å². The van der Waals surface area contributed by atoms with Crippen LogP contribution in [0.1, 0.15) is 12.8 Å². The van der Waals surface area contributed by atoms with Crippen LogP contribution < -0.4 is 5.32 Å². The summed E-state index contributed by atoms with van der Waals surface area (Å²) in [5, 5.41) is 3.36. The molecule has 1 aliphatic rings. The average molecular weight is 210 g/mol. The van der Waals surface area contributed by atoms with E-state index in [2.05, 4.69) is 10.3 Å². The predicted octanol–water partition coefficient (Wildman–Crippen LogP) is 1.40. The summed E-state index contributed by atoms with van der Waals surface area (Å²) in [7, 11) is -0.579. The Hall–Kier alpha value is -0.900. The van der Waals surface area contributed by atoms with Gasteiger partial charge in [0.2, 0.25) is 0 Å². The zero-order valence-electron chi connectivity index (χ0n) is 7.98. The molecule has 0 saturated carbocycles. The van der Waals surface area contributed by atoms with Crippen LogP contribution in [0.5, 0.6) is 0 Å². The fourth-order valence-electron chi connectivity index (χ4n) is 1.60. The Morgan fingerprint density at radius 1 is 1.36 bits per heavy atom. The molecule has 76 valence electrons. The normalized spacial score (nSPS) is 27.1. The second-order valence-electron chi connectivity index (χ2n) is 3.48. The molecule has 1 N–H and O–H groups in total. The first-order chi connectivity index (χ1) is 6.84. The van der Waals surface area contributed by atoms with Crippen LogP contribution in [0.4, 0.5) is 5.82 Å². The maximum Gasteiger partial charge on any atom is 0.126 e. The van der Waals surface area contributed by atoms with Crippen LogP contribution in [0.25, 0.3) is 0 Å². The van der Waals surface area contributed by atoms with Gasteiger partial charge in [-0.2, -0.15) is 0 Å². The van der Waals surface area contributed by atoms with E-state index >= 15 is 0 Å². The van der Waals surface area contributed by atoms with Crippen molar-refractivity contribution in [2.24, 2.45) is 0 Å². The lowest BCUT2D eigenvalue weighted by Gasteiger charge is -2.22. The van der Waals surface area contributed by atoms with Gasteiger partial charge in [0.05, 0.1) is 0 Å². The highest BCUT2D eigenvalue weighted by Gasteiger charge is 2.17. The van der Waals surface area contributed by atoms with E-state index in [4.69, 9.17) is 0 Å². The number of anilines is 1. The molecular formula is C10H14N2OS. The van der Waals surface area contributed by atoms with E-state index < -0.39 is 10.8 Å². The summed E-state index contributed by atoms with van der Waals surface area (Å²) in [6.07, 6.45) is 3.76. The topological polar surface area (TPSA) is 42.0 Å². The number of hydrogen-bond acceptors (Lipinski definition) is 3. The fourth-order valence-corrected chi connectivity index (χ4v) is 2.89. The molecule has 1 aliphatic heterocycles. The van der Waals surface area contributed by atoms with Crippen molar-refractivity contribution in [2.75, 3.05) is 16.8 Å². The van der Waals surface area contributed by atoms with Gasteiger partial charge in [0, 0.05) is 34.5 Å². The van der Waals surface area contributed by atoms with Crippen LogP contribution >= 0.6 is 0 Å². The van der Waals surface area contributed by atoms with E-state index in [-0.39, 0.29) is 0 Å². The average Bonchev–Trinajstić information content (AvgIpc) is 2.23. The summed E-state index contributed by atoms with van der Waals surface area (Å²) >= 11 is 0. The van der Waals surface area contributed by atoms with Crippen LogP contribution in [0.15, 0.2) is 24.4 Å². The third-order valence-corrected chi connectivity index (χ3v) is 3.79. The third kappa shape index (κ3) is 2.54. The fraction of sp³-hybridized carbons (Fsp3) is 0.500. The smallest absolute Gasteiger partial charge is 0.126 e. The number of nitrogens with one attached hydrogen (secondary N) is 1. The van der Waals surface area contributed by atoms with Gasteiger partial charge in [-0.3, -0.25) is 4.21 Å². The van der Waals surface area contributed by atoms with Crippen LogP contribution in [-0.2, 0) is 10.8 Å². The summed E-state index contributed by atoms with van der Waals surface area (Å²) in [6.45, 7) is 0. The van der Waals surface area contributed by atoms with Gasteiger partial charge >= 0.3 is 0 Å². The van der Waals surface area contributed by atoms with Crippen molar-refractivity contribution in [1.29, 1.82) is 0 Å². The van der Waals surface area contributed by atoms with Gasteiger partial charge < -0.3 is 5.32 Å². The molecule has 3 nitrogen and oxygen atoms in total. The quantitative estimate of drug-likeness (QED) is 0.802. The molecule has 2 heterocycles. The molecule has 1 fully saturated rings. The monoisotopic (exact) mass is 210 g/mol. The molecular weight excluding hydrogens is 196 g/mol. The molecule has 0 radical (unpaired) electrons. The van der Waals surface area contributed by atoms with E-state index in [9.17, 15) is 4.21 Å². The van der Waals surface area contributed by atoms with Crippen LogP contribution in [-0.4, -0.2) is 26.7 Å². The van der Waals surface area contributed by atoms with Gasteiger partial charge in [-0.1, -0.05) is 6.07 Å². The lowest BCUT2D eigenvalue weighted by atomic mass is 10.1. The molecule has 4 heteroatoms. The zero-order valence-corrected chi connectivity index (χ0v) is 8.80. The number of hydrogen-bond donors (Lipinski definition) is 1. The minimum absolute atomic E-state index is 0.447. The number of rotatable bonds is 2. The largest absolute Gasteiger partial charge is 0.367 e. The van der Waals surface area contributed by atoms with E-state index in [0.717, 1.165) is 30.2 Å². The maximum atomic E-state index is 11.1. The molecule has 0 spiro atoms. The highest BCUT2D eigenvalue weighted by Crippen LogP contribution is 2.13. The Bertz CT molecular complexity index is 305. The Kier molecular flexibility index (Phi) is 3.14. The molecule has 2 rings (SSSR count). The van der Waals surface area contributed by atoms with Crippen molar-refractivity contribution in [1.82, 2.24) is 4.98 Å². The Morgan fingerprint density at radius 2 is 2.14 bits per heavy atom. The summed E-state index contributed by atoms with van der Waals surface area (Å²) in [6, 6.07) is 6.28. The van der Waals surface area contributed by atoms with Crippen molar-refractivity contribution in [3.05, 3.63) is 24.4 Å². The van der Waals surface area contributed by atoms with E-state index in [1.807, 2.05) is 18.2 Å². The second-order valence-corrected chi connectivity index (χ2v) is 5.18. The first-order valence-electron chi connectivity index (χ1n) is 4.87. The number of nitrogens with zero attached hydrogens (tertiary/aromatic N) is 1. The maximum absolute atomic E-state index is 11.1. The lowest BCUT2D eigenvalue weighted by molar-refractivity contribution is 0.622. The SMILES string of the molecule is O=S1CCC(Nc2ccccn2)CC1. The van der Waals surface area contributed by atoms with E-state index in [1.165, 1.54) is 0 Å². The van der Waals surface area contributed by atoms with Gasteiger partial charge in [-0.05, 0) is 25.0 Å². The van der Waals surface area contributed by atoms with Crippen molar-refractivity contribution >= 4 is 16.6 Å². The van der Waals surface area contributed by atoms with Gasteiger partial charge in [-0.25, -0.2) is 4.98 Å². The molecule has 0 aliphatic carbocycles. The Balaban J connectivity index is 1.89. The highest BCUT2D eigenvalue weighted by molar-refractivity contribution is 7.85. The summed E-state index contributed by atoms with van der Waals surface area (Å²) < 4.78 is 11.1. The van der Waals surface area contributed by atoms with Crippen molar-refractivity contribution in [2.45, 2.75) is 18.9 Å². The van der Waals surface area contributed by atoms with Gasteiger partial charge in [0.15, 0.2) is 0 Å². The number of pyridine rings is 1. The lowest BCUT2D eigenvalue weighted by Crippen LogP contribution is -2.29. The molecule has 1 aromatic rings. The molecule has 1 aromatic heterocycles. The molecule has 1 saturated heterocycles. The number of aromatic nitrogens is 1. The summed E-state index contributed by atoms with van der Waals surface area (Å²) in [5.41, 5.74) is 0. The second kappa shape index (κ2) is 4.55. The van der Waals surface area contributed by atoms with Crippen LogP contribution in [0, 0.1) is 0 Å². The van der Waals surface area contributed by atoms with Crippen LogP contribution in [0.2, 0.25) is 0 Å². The van der Waals surface area contributed by atoms with Crippen molar-refractivity contribution in [3.63, 3.8) is 0 Å². The predicted molar refractivity (Wildman–Crippen MR) is 58.8 cm³/mol. The van der Waals surface area contributed by atoms with Gasteiger partial charge in [0.1, 0.15) is 5.82 Å². The standard InChI is InChI=1S/C10H14N2OS/c13-14-7-4-9(5-8-14)12-10-3-1-2-6-11-10/h1-3,6,9H,4-5,7-8H2,(H,11,12). The first kappa shape index (κ1) is 9.65. The van der Waals surface area contributed by atoms with Crippen molar-refractivity contribution < 1.29 is 4.21 Å². The van der Waals surface area contributed by atoms with E-state index in [1.54, 1.807) is 6.20 Å². The molecule has 0 bridgehead atoms. The van der Waals surface area contributed by atoms with Gasteiger partial charge in [-0.15, -0.1) is 0 Å². The Morgan fingerprint density at radius 3 is 2.79 bits per heavy atom. The summed E-state index contributed by atoms with van der Waals surface area (Å²) in [5.74, 6) is 2.57. The zero-order chi connectivity index (χ0) is 9.80.